The highest BCUT2D eigenvalue weighted by Gasteiger charge is 2.42. The van der Waals surface area contributed by atoms with Gasteiger partial charge in [-0.3, -0.25) is 29.3 Å². The lowest BCUT2D eigenvalue weighted by atomic mass is 10.1. The maximum Gasteiger partial charge on any atom is 0.316 e. The van der Waals surface area contributed by atoms with Crippen LogP contribution in [-0.2, 0) is 9.59 Å². The average molecular weight is 499 g/mol. The smallest absolute Gasteiger partial charge is 0.316 e. The number of hydrogen-bond donors (Lipinski definition) is 0. The maximum absolute atomic E-state index is 13.0. The fourth-order valence-corrected chi connectivity index (χ4v) is 4.55. The Kier molecular flexibility index (Phi) is 5.79. The molecule has 1 fully saturated rings. The van der Waals surface area contributed by atoms with Crippen LogP contribution >= 0.6 is 0 Å². The number of imide groups is 1. The molecule has 0 aromatic heterocycles. The van der Waals surface area contributed by atoms with E-state index in [1.165, 1.54) is 36.4 Å². The highest BCUT2D eigenvalue weighted by atomic mass is 16.6. The van der Waals surface area contributed by atoms with E-state index >= 15 is 0 Å². The van der Waals surface area contributed by atoms with Gasteiger partial charge in [-0.05, 0) is 55.3 Å². The molecule has 3 amide bonds. The zero-order valence-electron chi connectivity index (χ0n) is 20.0. The quantitative estimate of drug-likeness (QED) is 0.171. The van der Waals surface area contributed by atoms with E-state index in [4.69, 9.17) is 4.74 Å². The topological polar surface area (TPSA) is 127 Å². The highest BCUT2D eigenvalue weighted by molar-refractivity contribution is 6.35. The largest absolute Gasteiger partial charge is 0.426 e. The first kappa shape index (κ1) is 23.9. The third kappa shape index (κ3) is 4.12. The van der Waals surface area contributed by atoms with Crippen molar-refractivity contribution in [1.29, 1.82) is 0 Å². The summed E-state index contributed by atoms with van der Waals surface area (Å²) in [5.74, 6) is -2.97. The number of carbonyl (C=O) groups excluding carboxylic acids is 4. The molecule has 0 saturated carbocycles. The summed E-state index contributed by atoms with van der Waals surface area (Å²) in [6, 6.07) is 15.3. The monoisotopic (exact) mass is 499 g/mol. The van der Waals surface area contributed by atoms with E-state index in [-0.39, 0.29) is 41.4 Å². The molecule has 186 valence electrons. The van der Waals surface area contributed by atoms with Gasteiger partial charge in [0.05, 0.1) is 22.1 Å². The highest BCUT2D eigenvalue weighted by Crippen LogP contribution is 2.35. The lowest BCUT2D eigenvalue weighted by Gasteiger charge is -2.18. The molecule has 37 heavy (non-hydrogen) atoms. The molecule has 0 spiro atoms. The molecule has 1 saturated heterocycles. The second-order valence-electron chi connectivity index (χ2n) is 8.99. The number of benzene rings is 3. The second kappa shape index (κ2) is 8.98. The summed E-state index contributed by atoms with van der Waals surface area (Å²) in [6.07, 6.45) is -0.00643. The summed E-state index contributed by atoms with van der Waals surface area (Å²) < 4.78 is 5.51. The van der Waals surface area contributed by atoms with Gasteiger partial charge in [0, 0.05) is 30.8 Å². The van der Waals surface area contributed by atoms with Crippen molar-refractivity contribution in [2.24, 2.45) is 5.92 Å². The number of nitrogens with zero attached hydrogens (tertiary/aromatic N) is 3. The van der Waals surface area contributed by atoms with Gasteiger partial charge in [0.1, 0.15) is 11.3 Å². The Morgan fingerprint density at radius 2 is 1.70 bits per heavy atom. The summed E-state index contributed by atoms with van der Waals surface area (Å²) in [7, 11) is 0. The summed E-state index contributed by atoms with van der Waals surface area (Å²) in [5, 5.41) is 11.4. The van der Waals surface area contributed by atoms with Gasteiger partial charge in [-0.15, -0.1) is 0 Å². The summed E-state index contributed by atoms with van der Waals surface area (Å²) in [6.45, 7) is 4.09. The number of hydrogen-bond acceptors (Lipinski definition) is 7. The minimum Gasteiger partial charge on any atom is -0.426 e. The summed E-state index contributed by atoms with van der Waals surface area (Å²) in [4.78, 5) is 64.4. The number of nitro benzene ring substituents is 1. The SMILES string of the molecule is Cc1ccc(N2CC(C(=O)Oc3cccc(N4C(=O)c5cccc([N+](=O)[O-])c5C4=O)c3)CC2=O)cc1C. The molecule has 2 heterocycles. The number of aryl methyl sites for hydroxylation is 2. The fraction of sp³-hybridized carbons (Fsp3) is 0.185. The Morgan fingerprint density at radius 3 is 2.43 bits per heavy atom. The molecule has 5 rings (SSSR count). The zero-order chi connectivity index (χ0) is 26.4. The maximum atomic E-state index is 13.0. The van der Waals surface area contributed by atoms with Crippen LogP contribution in [0.5, 0.6) is 5.75 Å². The van der Waals surface area contributed by atoms with E-state index < -0.39 is 34.3 Å². The minimum absolute atomic E-state index is 0.00643. The van der Waals surface area contributed by atoms with Crippen LogP contribution in [0.2, 0.25) is 0 Å². The van der Waals surface area contributed by atoms with Crippen molar-refractivity contribution in [2.45, 2.75) is 20.3 Å². The Hall–Kier alpha value is -4.86. The van der Waals surface area contributed by atoms with Crippen LogP contribution in [0.25, 0.3) is 0 Å². The van der Waals surface area contributed by atoms with Crippen molar-refractivity contribution >= 4 is 40.8 Å². The predicted molar refractivity (Wildman–Crippen MR) is 133 cm³/mol. The molecule has 0 bridgehead atoms. The van der Waals surface area contributed by atoms with Crippen LogP contribution in [0, 0.1) is 29.9 Å². The van der Waals surface area contributed by atoms with Gasteiger partial charge >= 0.3 is 5.97 Å². The molecule has 0 aliphatic carbocycles. The first-order chi connectivity index (χ1) is 17.7. The molecule has 10 nitrogen and oxygen atoms in total. The third-order valence-electron chi connectivity index (χ3n) is 6.64. The van der Waals surface area contributed by atoms with Crippen molar-refractivity contribution < 1.29 is 28.8 Å². The van der Waals surface area contributed by atoms with Gasteiger partial charge in [0.2, 0.25) is 5.91 Å². The molecule has 3 aromatic rings. The van der Waals surface area contributed by atoms with Crippen molar-refractivity contribution in [1.82, 2.24) is 0 Å². The number of anilines is 2. The van der Waals surface area contributed by atoms with Crippen LogP contribution in [0.1, 0.15) is 38.3 Å². The number of rotatable bonds is 5. The van der Waals surface area contributed by atoms with Gasteiger partial charge in [0.15, 0.2) is 0 Å². The Morgan fingerprint density at radius 1 is 0.946 bits per heavy atom. The number of carbonyl (C=O) groups is 4. The Balaban J connectivity index is 1.34. The van der Waals surface area contributed by atoms with Crippen LogP contribution in [0.4, 0.5) is 17.1 Å². The van der Waals surface area contributed by atoms with Crippen LogP contribution in [0.3, 0.4) is 0 Å². The van der Waals surface area contributed by atoms with E-state index in [0.717, 1.165) is 22.1 Å². The molecule has 2 aliphatic rings. The van der Waals surface area contributed by atoms with Gasteiger partial charge in [-0.1, -0.05) is 18.2 Å². The van der Waals surface area contributed by atoms with E-state index in [0.29, 0.717) is 5.69 Å². The normalized spacial score (nSPS) is 16.8. The molecular formula is C27H21N3O7. The van der Waals surface area contributed by atoms with E-state index in [9.17, 15) is 29.3 Å². The standard InChI is InChI=1S/C27H21N3O7/c1-15-9-10-18(11-16(15)2)28-14-17(12-23(28)31)27(34)37-20-6-3-5-19(13-20)29-25(32)21-7-4-8-22(30(35)36)24(21)26(29)33/h3-11,13,17H,12,14H2,1-2H3. The zero-order valence-corrected chi connectivity index (χ0v) is 20.0. The number of ether oxygens (including phenoxy) is 1. The van der Waals surface area contributed by atoms with Gasteiger partial charge in [-0.2, -0.15) is 0 Å². The van der Waals surface area contributed by atoms with E-state index in [2.05, 4.69) is 0 Å². The number of esters is 1. The molecule has 3 aromatic carbocycles. The molecule has 0 radical (unpaired) electrons. The summed E-state index contributed by atoms with van der Waals surface area (Å²) >= 11 is 0. The lowest BCUT2D eigenvalue weighted by Crippen LogP contribution is -2.29. The second-order valence-corrected chi connectivity index (χ2v) is 8.99. The van der Waals surface area contributed by atoms with E-state index in [1.807, 2.05) is 32.0 Å². The van der Waals surface area contributed by atoms with Crippen LogP contribution in [0.15, 0.2) is 60.7 Å². The molecule has 1 atom stereocenters. The Labute approximate surface area is 211 Å². The van der Waals surface area contributed by atoms with Crippen molar-refractivity contribution in [3.8, 4) is 5.75 Å². The molecule has 1 unspecified atom stereocenters. The fourth-order valence-electron chi connectivity index (χ4n) is 4.55. The first-order valence-corrected chi connectivity index (χ1v) is 11.5. The van der Waals surface area contributed by atoms with Gasteiger partial charge in [-0.25, -0.2) is 4.90 Å². The minimum atomic E-state index is -0.832. The average Bonchev–Trinajstić information content (AvgIpc) is 3.38. The van der Waals surface area contributed by atoms with Crippen molar-refractivity contribution in [3.63, 3.8) is 0 Å². The third-order valence-corrected chi connectivity index (χ3v) is 6.64. The number of fused-ring (bicyclic) bond motifs is 1. The summed E-state index contributed by atoms with van der Waals surface area (Å²) in [5.41, 5.74) is 2.13. The van der Waals surface area contributed by atoms with Crippen molar-refractivity contribution in [3.05, 3.63) is 93.0 Å². The van der Waals surface area contributed by atoms with Crippen molar-refractivity contribution in [2.75, 3.05) is 16.3 Å². The lowest BCUT2D eigenvalue weighted by molar-refractivity contribution is -0.385. The van der Waals surface area contributed by atoms with Crippen LogP contribution in [-0.4, -0.2) is 35.2 Å². The van der Waals surface area contributed by atoms with E-state index in [1.54, 1.807) is 4.90 Å². The van der Waals surface area contributed by atoms with Gasteiger partial charge < -0.3 is 9.64 Å². The molecule has 2 aliphatic heterocycles. The van der Waals surface area contributed by atoms with Crippen LogP contribution < -0.4 is 14.5 Å². The molecule has 10 heteroatoms. The number of amides is 3. The Bertz CT molecular complexity index is 1510. The van der Waals surface area contributed by atoms with Gasteiger partial charge in [0.25, 0.3) is 17.5 Å². The predicted octanol–water partition coefficient (Wildman–Crippen LogP) is 3.97. The number of nitro groups is 1. The molecular weight excluding hydrogens is 478 g/mol. The first-order valence-electron chi connectivity index (χ1n) is 11.5. The molecule has 0 N–H and O–H groups in total.